The predicted octanol–water partition coefficient (Wildman–Crippen LogP) is 13.5. The largest absolute Gasteiger partial charge is 0.309 e. The van der Waals surface area contributed by atoms with Crippen LogP contribution >= 0.6 is 11.3 Å². The van der Waals surface area contributed by atoms with Crippen LogP contribution in [0.15, 0.2) is 181 Å². The molecule has 8 aromatic carbocycles. The molecule has 4 heterocycles. The Morgan fingerprint density at radius 1 is 0.436 bits per heavy atom. The molecule has 5 heteroatoms. The van der Waals surface area contributed by atoms with Crippen molar-refractivity contribution in [3.63, 3.8) is 0 Å². The molecule has 12 rings (SSSR count). The number of fused-ring (bicyclic) bond motifs is 11. The first kappa shape index (κ1) is 30.4. The lowest BCUT2D eigenvalue weighted by molar-refractivity contribution is 1.02. The van der Waals surface area contributed by atoms with Crippen LogP contribution in [0.1, 0.15) is 0 Å². The molecule has 4 nitrogen and oxygen atoms in total. The Kier molecular flexibility index (Phi) is 6.47. The zero-order valence-corrected chi connectivity index (χ0v) is 30.3. The van der Waals surface area contributed by atoms with E-state index in [-0.39, 0.29) is 0 Å². The average molecular weight is 719 g/mol. The fourth-order valence-corrected chi connectivity index (χ4v) is 9.66. The molecule has 0 saturated heterocycles. The lowest BCUT2D eigenvalue weighted by Crippen LogP contribution is -2.03. The Morgan fingerprint density at radius 2 is 1.15 bits per heavy atom. The molecule has 0 aliphatic heterocycles. The van der Waals surface area contributed by atoms with E-state index in [2.05, 4.69) is 190 Å². The smallest absolute Gasteiger partial charge is 0.235 e. The van der Waals surface area contributed by atoms with Crippen molar-refractivity contribution >= 4 is 86.7 Å². The van der Waals surface area contributed by atoms with E-state index in [4.69, 9.17) is 9.97 Å². The van der Waals surface area contributed by atoms with Crippen molar-refractivity contribution in [1.82, 2.24) is 19.1 Å². The molecule has 0 aliphatic carbocycles. The molecule has 0 N–H and O–H groups in total. The molecular formula is C50H30N4S. The van der Waals surface area contributed by atoms with Crippen LogP contribution in [0.5, 0.6) is 0 Å². The third kappa shape index (κ3) is 4.45. The van der Waals surface area contributed by atoms with E-state index in [0.29, 0.717) is 5.95 Å². The predicted molar refractivity (Wildman–Crippen MR) is 232 cm³/mol. The van der Waals surface area contributed by atoms with Crippen LogP contribution in [-0.4, -0.2) is 19.1 Å². The Hall–Kier alpha value is -7.08. The highest BCUT2D eigenvalue weighted by molar-refractivity contribution is 7.17. The first-order valence-corrected chi connectivity index (χ1v) is 19.5. The van der Waals surface area contributed by atoms with Crippen LogP contribution in [0.25, 0.3) is 109 Å². The monoisotopic (exact) mass is 718 g/mol. The molecule has 0 saturated carbocycles. The minimum absolute atomic E-state index is 0.673. The topological polar surface area (TPSA) is 35.6 Å². The van der Waals surface area contributed by atoms with Gasteiger partial charge in [0.25, 0.3) is 0 Å². The highest BCUT2D eigenvalue weighted by Crippen LogP contribution is 2.44. The summed E-state index contributed by atoms with van der Waals surface area (Å²) in [7, 11) is 0. The maximum Gasteiger partial charge on any atom is 0.235 e. The molecule has 0 atom stereocenters. The van der Waals surface area contributed by atoms with Gasteiger partial charge in [0.2, 0.25) is 5.95 Å². The van der Waals surface area contributed by atoms with Gasteiger partial charge in [-0.3, -0.25) is 4.57 Å². The van der Waals surface area contributed by atoms with Gasteiger partial charge >= 0.3 is 0 Å². The quantitative estimate of drug-likeness (QED) is 0.182. The van der Waals surface area contributed by atoms with E-state index >= 15 is 0 Å². The molecule has 4 aromatic heterocycles. The number of hydrogen-bond acceptors (Lipinski definition) is 3. The number of nitrogens with zero attached hydrogens (tertiary/aromatic N) is 4. The van der Waals surface area contributed by atoms with Crippen molar-refractivity contribution in [2.24, 2.45) is 0 Å². The van der Waals surface area contributed by atoms with Gasteiger partial charge in [0.15, 0.2) is 0 Å². The van der Waals surface area contributed by atoms with Crippen molar-refractivity contribution in [2.75, 3.05) is 0 Å². The molecule has 55 heavy (non-hydrogen) atoms. The number of benzene rings is 8. The van der Waals surface area contributed by atoms with Crippen molar-refractivity contribution in [3.8, 4) is 34.0 Å². The molecule has 12 aromatic rings. The summed E-state index contributed by atoms with van der Waals surface area (Å²) in [6, 6.07) is 63.5. The number of hydrogen-bond donors (Lipinski definition) is 0. The molecule has 0 bridgehead atoms. The van der Waals surface area contributed by atoms with Gasteiger partial charge in [-0.15, -0.1) is 11.3 Å². The Labute approximate surface area is 319 Å². The van der Waals surface area contributed by atoms with Crippen molar-refractivity contribution < 1.29 is 0 Å². The van der Waals surface area contributed by atoms with Crippen LogP contribution in [-0.2, 0) is 0 Å². The highest BCUT2D eigenvalue weighted by atomic mass is 32.1. The van der Waals surface area contributed by atoms with E-state index < -0.39 is 0 Å². The summed E-state index contributed by atoms with van der Waals surface area (Å²) >= 11 is 1.69. The average Bonchev–Trinajstić information content (AvgIpc) is 3.96. The molecule has 0 radical (unpaired) electrons. The van der Waals surface area contributed by atoms with Gasteiger partial charge in [0.05, 0.1) is 38.0 Å². The maximum absolute atomic E-state index is 5.37. The molecular weight excluding hydrogens is 689 g/mol. The number of aromatic nitrogens is 4. The Morgan fingerprint density at radius 3 is 2.00 bits per heavy atom. The van der Waals surface area contributed by atoms with Gasteiger partial charge in [-0.25, -0.2) is 9.97 Å². The lowest BCUT2D eigenvalue weighted by atomic mass is 9.98. The van der Waals surface area contributed by atoms with Gasteiger partial charge in [-0.2, -0.15) is 0 Å². The van der Waals surface area contributed by atoms with E-state index in [9.17, 15) is 0 Å². The van der Waals surface area contributed by atoms with Crippen LogP contribution in [0.4, 0.5) is 0 Å². The van der Waals surface area contributed by atoms with Crippen LogP contribution in [0.2, 0.25) is 0 Å². The van der Waals surface area contributed by atoms with E-state index in [1.807, 2.05) is 0 Å². The summed E-state index contributed by atoms with van der Waals surface area (Å²) in [6.45, 7) is 0. The minimum Gasteiger partial charge on any atom is -0.309 e. The number of rotatable bonds is 4. The third-order valence-electron chi connectivity index (χ3n) is 11.2. The zero-order chi connectivity index (χ0) is 36.0. The SMILES string of the molecule is c1ccc(-c2nc(-n3c4ccc(-c5cccc6c7c8ccccc8ccc7n(-c7ccccc7)c56)cc4c4ccc5ccccc5c43)nc3ccsc23)cc1. The van der Waals surface area contributed by atoms with Crippen molar-refractivity contribution in [1.29, 1.82) is 0 Å². The highest BCUT2D eigenvalue weighted by Gasteiger charge is 2.22. The third-order valence-corrected chi connectivity index (χ3v) is 12.1. The summed E-state index contributed by atoms with van der Waals surface area (Å²) in [5, 5.41) is 11.8. The normalized spacial score (nSPS) is 12.0. The summed E-state index contributed by atoms with van der Waals surface area (Å²) in [6.07, 6.45) is 0. The molecule has 0 amide bonds. The molecule has 256 valence electrons. The second kappa shape index (κ2) is 11.7. The van der Waals surface area contributed by atoms with Crippen LogP contribution in [0, 0.1) is 0 Å². The van der Waals surface area contributed by atoms with E-state index in [0.717, 1.165) is 43.8 Å². The summed E-state index contributed by atoms with van der Waals surface area (Å²) in [4.78, 5) is 10.6. The van der Waals surface area contributed by atoms with Gasteiger partial charge in [-0.05, 0) is 63.5 Å². The molecule has 0 spiro atoms. The van der Waals surface area contributed by atoms with E-state index in [1.165, 1.54) is 59.7 Å². The Bertz CT molecular complexity index is 3480. The first-order valence-electron chi connectivity index (χ1n) is 18.6. The van der Waals surface area contributed by atoms with E-state index in [1.54, 1.807) is 11.3 Å². The first-order chi connectivity index (χ1) is 27.3. The van der Waals surface area contributed by atoms with Crippen molar-refractivity contribution in [3.05, 3.63) is 181 Å². The van der Waals surface area contributed by atoms with Crippen LogP contribution in [0.3, 0.4) is 0 Å². The van der Waals surface area contributed by atoms with Gasteiger partial charge < -0.3 is 4.57 Å². The fraction of sp³-hybridized carbons (Fsp3) is 0. The minimum atomic E-state index is 0.673. The number of thiophene rings is 1. The van der Waals surface area contributed by atoms with Gasteiger partial charge in [0.1, 0.15) is 0 Å². The summed E-state index contributed by atoms with van der Waals surface area (Å²) < 4.78 is 5.83. The van der Waals surface area contributed by atoms with Crippen molar-refractivity contribution in [2.45, 2.75) is 0 Å². The number of para-hydroxylation sites is 2. The second-order valence-electron chi connectivity index (χ2n) is 14.2. The summed E-state index contributed by atoms with van der Waals surface area (Å²) in [5.41, 5.74) is 11.1. The fourth-order valence-electron chi connectivity index (χ4n) is 8.81. The molecule has 0 unspecified atom stereocenters. The lowest BCUT2D eigenvalue weighted by Gasteiger charge is -2.12. The maximum atomic E-state index is 5.37. The van der Waals surface area contributed by atoms with Gasteiger partial charge in [-0.1, -0.05) is 140 Å². The summed E-state index contributed by atoms with van der Waals surface area (Å²) in [5.74, 6) is 0.673. The standard InChI is InChI=1S/C50H30N4S/c1-3-14-33(15-4-1)46-49-42(28-29-55-49)51-50(52-46)54-43-26-24-34(30-41(43)39-25-22-32-13-8-10-19-37(32)47(39)54)38-20-11-21-40-45-36-18-9-7-12-31(36)23-27-44(45)53(48(38)40)35-16-5-2-6-17-35/h1-30H. The Balaban J connectivity index is 1.18. The molecule has 0 fully saturated rings. The molecule has 0 aliphatic rings. The zero-order valence-electron chi connectivity index (χ0n) is 29.5. The second-order valence-corrected chi connectivity index (χ2v) is 15.1. The van der Waals surface area contributed by atoms with Gasteiger partial charge in [0, 0.05) is 43.7 Å². The van der Waals surface area contributed by atoms with Crippen LogP contribution < -0.4 is 0 Å².